The zero-order chi connectivity index (χ0) is 14.6. The molecule has 0 aromatic heterocycles. The Morgan fingerprint density at radius 3 is 2.35 bits per heavy atom. The van der Waals surface area contributed by atoms with E-state index in [-0.39, 0.29) is 17.9 Å². The van der Waals surface area contributed by atoms with Gasteiger partial charge in [-0.1, -0.05) is 36.4 Å². The van der Waals surface area contributed by atoms with Crippen molar-refractivity contribution in [3.05, 3.63) is 59.7 Å². The van der Waals surface area contributed by atoms with Crippen molar-refractivity contribution in [3.8, 4) is 11.8 Å². The van der Waals surface area contributed by atoms with Crippen molar-refractivity contribution in [3.63, 3.8) is 0 Å². The molecule has 0 N–H and O–H groups in total. The molecule has 0 heterocycles. The van der Waals surface area contributed by atoms with Gasteiger partial charge in [0.25, 0.3) is 0 Å². The van der Waals surface area contributed by atoms with E-state index in [4.69, 9.17) is 10.00 Å². The fourth-order valence-electron chi connectivity index (χ4n) is 1.69. The fraction of sp³-hybridized carbons (Fsp3) is 0.0714. The lowest BCUT2D eigenvalue weighted by Crippen LogP contribution is -2.33. The Kier molecular flexibility index (Phi) is 3.99. The Bertz CT molecular complexity index is 635. The first kappa shape index (κ1) is 14.0. The van der Waals surface area contributed by atoms with Crippen molar-refractivity contribution in [2.24, 2.45) is 0 Å². The van der Waals surface area contributed by atoms with Crippen LogP contribution >= 0.6 is 0 Å². The normalized spacial score (nSPS) is 10.9. The standard InChI is InChI=1S/C14H10BF3NO/c16-15(17,18)13-7-6-12(9-19)14(8-13)20-10-11-4-2-1-3-5-11/h1-8H,10H2/q-1. The van der Waals surface area contributed by atoms with Gasteiger partial charge in [0, 0.05) is 0 Å². The van der Waals surface area contributed by atoms with Crippen molar-refractivity contribution < 1.29 is 17.7 Å². The Morgan fingerprint density at radius 1 is 1.05 bits per heavy atom. The van der Waals surface area contributed by atoms with Crippen LogP contribution in [0.2, 0.25) is 0 Å². The van der Waals surface area contributed by atoms with Crippen LogP contribution in [0.25, 0.3) is 0 Å². The van der Waals surface area contributed by atoms with E-state index >= 15 is 0 Å². The highest BCUT2D eigenvalue weighted by atomic mass is 19.4. The molecule has 2 rings (SSSR count). The molecule has 0 spiro atoms. The van der Waals surface area contributed by atoms with Crippen LogP contribution in [0.5, 0.6) is 5.75 Å². The molecule has 0 amide bonds. The number of nitrogens with zero attached hydrogens (tertiary/aromatic N) is 1. The quantitative estimate of drug-likeness (QED) is 0.803. The van der Waals surface area contributed by atoms with Gasteiger partial charge in [-0.25, -0.2) is 0 Å². The second kappa shape index (κ2) is 5.70. The van der Waals surface area contributed by atoms with E-state index in [0.29, 0.717) is 0 Å². The van der Waals surface area contributed by atoms with Crippen LogP contribution < -0.4 is 10.2 Å². The molecular formula is C14H10BF3NO-. The molecule has 0 unspecified atom stereocenters. The minimum Gasteiger partial charge on any atom is -0.488 e. The number of halogens is 3. The zero-order valence-corrected chi connectivity index (χ0v) is 10.4. The summed E-state index contributed by atoms with van der Waals surface area (Å²) >= 11 is 0. The Balaban J connectivity index is 2.24. The van der Waals surface area contributed by atoms with Gasteiger partial charge in [-0.2, -0.15) is 5.26 Å². The number of nitriles is 1. The van der Waals surface area contributed by atoms with Gasteiger partial charge in [0.05, 0.1) is 5.56 Å². The lowest BCUT2D eigenvalue weighted by Gasteiger charge is -2.17. The van der Waals surface area contributed by atoms with Crippen LogP contribution in [0.3, 0.4) is 0 Å². The van der Waals surface area contributed by atoms with Crippen LogP contribution in [0.4, 0.5) is 12.9 Å². The van der Waals surface area contributed by atoms with Gasteiger partial charge in [0.15, 0.2) is 0 Å². The topological polar surface area (TPSA) is 33.0 Å². The summed E-state index contributed by atoms with van der Waals surface area (Å²) in [6.07, 6.45) is 0. The number of rotatable bonds is 4. The van der Waals surface area contributed by atoms with Crippen LogP contribution in [0.15, 0.2) is 48.5 Å². The summed E-state index contributed by atoms with van der Waals surface area (Å²) in [5.41, 5.74) is 0.135. The third-order valence-electron chi connectivity index (χ3n) is 2.74. The van der Waals surface area contributed by atoms with E-state index in [0.717, 1.165) is 23.8 Å². The Labute approximate surface area is 114 Å². The molecule has 0 aliphatic rings. The number of hydrogen-bond acceptors (Lipinski definition) is 2. The molecule has 0 aliphatic heterocycles. The summed E-state index contributed by atoms with van der Waals surface area (Å²) in [5, 5.41) is 8.90. The molecule has 0 fully saturated rings. The highest BCUT2D eigenvalue weighted by molar-refractivity contribution is 6.73. The highest BCUT2D eigenvalue weighted by Gasteiger charge is 2.26. The highest BCUT2D eigenvalue weighted by Crippen LogP contribution is 2.20. The summed E-state index contributed by atoms with van der Waals surface area (Å²) in [6.45, 7) is -4.99. The Morgan fingerprint density at radius 2 is 1.75 bits per heavy atom. The second-order valence-corrected chi connectivity index (χ2v) is 4.22. The predicted molar refractivity (Wildman–Crippen MR) is 70.6 cm³/mol. The maximum atomic E-state index is 12.7. The lowest BCUT2D eigenvalue weighted by molar-refractivity contribution is 0.305. The molecule has 0 atom stereocenters. The molecule has 20 heavy (non-hydrogen) atoms. The van der Waals surface area contributed by atoms with Crippen molar-refractivity contribution in [2.75, 3.05) is 0 Å². The Hall–Kier alpha value is -2.42. The largest absolute Gasteiger partial charge is 0.509 e. The molecule has 0 bridgehead atoms. The molecule has 6 heteroatoms. The van der Waals surface area contributed by atoms with Gasteiger partial charge in [-0.3, -0.25) is 0 Å². The predicted octanol–water partition coefficient (Wildman–Crippen LogP) is 3.19. The number of ether oxygens (including phenoxy) is 1. The van der Waals surface area contributed by atoms with Crippen molar-refractivity contribution in [1.29, 1.82) is 5.26 Å². The average molecular weight is 276 g/mol. The first-order chi connectivity index (χ1) is 9.50. The smallest absolute Gasteiger partial charge is 0.488 e. The van der Waals surface area contributed by atoms with E-state index in [2.05, 4.69) is 0 Å². The van der Waals surface area contributed by atoms with Gasteiger partial charge >= 0.3 is 6.98 Å². The molecule has 2 aromatic rings. The monoisotopic (exact) mass is 276 g/mol. The molecule has 0 saturated heterocycles. The molecule has 0 saturated carbocycles. The van der Waals surface area contributed by atoms with Gasteiger partial charge in [-0.05, 0) is 17.7 Å². The third kappa shape index (κ3) is 3.32. The van der Waals surface area contributed by atoms with Gasteiger partial charge in [0.1, 0.15) is 18.4 Å². The molecule has 2 nitrogen and oxygen atoms in total. The van der Waals surface area contributed by atoms with Crippen LogP contribution in [0.1, 0.15) is 11.1 Å². The molecule has 102 valence electrons. The SMILES string of the molecule is N#Cc1ccc([B-](F)(F)F)cc1OCc1ccccc1. The number of benzene rings is 2. The summed E-state index contributed by atoms with van der Waals surface area (Å²) in [7, 11) is 0. The summed E-state index contributed by atoms with van der Waals surface area (Å²) in [5.74, 6) is -0.0481. The van der Waals surface area contributed by atoms with Crippen molar-refractivity contribution in [2.45, 2.75) is 6.61 Å². The van der Waals surface area contributed by atoms with Crippen LogP contribution in [-0.4, -0.2) is 6.98 Å². The number of hydrogen-bond donors (Lipinski definition) is 0. The van der Waals surface area contributed by atoms with Gasteiger partial charge in [-0.15, -0.1) is 5.46 Å². The van der Waals surface area contributed by atoms with E-state index < -0.39 is 12.4 Å². The zero-order valence-electron chi connectivity index (χ0n) is 10.4. The fourth-order valence-corrected chi connectivity index (χ4v) is 1.69. The third-order valence-corrected chi connectivity index (χ3v) is 2.74. The van der Waals surface area contributed by atoms with E-state index in [1.54, 1.807) is 24.3 Å². The van der Waals surface area contributed by atoms with Crippen molar-refractivity contribution in [1.82, 2.24) is 0 Å². The van der Waals surface area contributed by atoms with E-state index in [1.165, 1.54) is 0 Å². The maximum Gasteiger partial charge on any atom is 0.509 e. The van der Waals surface area contributed by atoms with Crippen LogP contribution in [0, 0.1) is 11.3 Å². The summed E-state index contributed by atoms with van der Waals surface area (Å²) < 4.78 is 43.4. The average Bonchev–Trinajstić information content (AvgIpc) is 2.45. The summed E-state index contributed by atoms with van der Waals surface area (Å²) in [6, 6.07) is 13.8. The molecular weight excluding hydrogens is 266 g/mol. The van der Waals surface area contributed by atoms with Crippen molar-refractivity contribution >= 4 is 12.4 Å². The molecule has 0 radical (unpaired) electrons. The van der Waals surface area contributed by atoms with Crippen LogP contribution in [-0.2, 0) is 6.61 Å². The van der Waals surface area contributed by atoms with Gasteiger partial charge < -0.3 is 17.7 Å². The second-order valence-electron chi connectivity index (χ2n) is 4.22. The summed E-state index contributed by atoms with van der Waals surface area (Å²) in [4.78, 5) is 0. The molecule has 2 aromatic carbocycles. The minimum atomic E-state index is -5.11. The first-order valence-electron chi connectivity index (χ1n) is 5.91. The minimum absolute atomic E-state index is 0.0481. The van der Waals surface area contributed by atoms with E-state index in [1.807, 2.05) is 12.1 Å². The lowest BCUT2D eigenvalue weighted by atomic mass is 9.79. The van der Waals surface area contributed by atoms with Gasteiger partial charge in [0.2, 0.25) is 0 Å². The maximum absolute atomic E-state index is 12.7. The first-order valence-corrected chi connectivity index (χ1v) is 5.91. The molecule has 0 aliphatic carbocycles. The van der Waals surface area contributed by atoms with E-state index in [9.17, 15) is 12.9 Å².